The summed E-state index contributed by atoms with van der Waals surface area (Å²) >= 11 is 1.07. The molecule has 4 N–H and O–H groups in total. The summed E-state index contributed by atoms with van der Waals surface area (Å²) in [6.45, 7) is 1.68. The number of rotatable bonds is 5. The van der Waals surface area contributed by atoms with Gasteiger partial charge >= 0.3 is 0 Å². The van der Waals surface area contributed by atoms with Crippen molar-refractivity contribution >= 4 is 37.9 Å². The lowest BCUT2D eigenvalue weighted by atomic mass is 10.3. The van der Waals surface area contributed by atoms with Gasteiger partial charge in [-0.15, -0.1) is 10.2 Å². The second kappa shape index (κ2) is 5.59. The Kier molecular flexibility index (Phi) is 4.02. The number of aromatic nitrogens is 2. The third kappa shape index (κ3) is 3.24. The third-order valence-corrected chi connectivity index (χ3v) is 4.60. The van der Waals surface area contributed by atoms with Crippen molar-refractivity contribution in [3.05, 3.63) is 33.3 Å². The SMILES string of the molecule is Cc1nnc(NS(=O)(=O)c2ccc([N+](=O)[O-])c(NN)c2)s1. The number of hydrogen-bond donors (Lipinski definition) is 3. The highest BCUT2D eigenvalue weighted by molar-refractivity contribution is 7.93. The first-order chi connectivity index (χ1) is 9.83. The maximum atomic E-state index is 12.1. The first-order valence-corrected chi connectivity index (χ1v) is 7.71. The fourth-order valence-electron chi connectivity index (χ4n) is 1.47. The second-order valence-electron chi connectivity index (χ2n) is 3.81. The zero-order valence-corrected chi connectivity index (χ0v) is 12.2. The van der Waals surface area contributed by atoms with Crippen molar-refractivity contribution in [2.24, 2.45) is 5.84 Å². The Morgan fingerprint density at radius 3 is 2.62 bits per heavy atom. The van der Waals surface area contributed by atoms with Crippen LogP contribution in [-0.2, 0) is 10.0 Å². The summed E-state index contributed by atoms with van der Waals surface area (Å²) in [6, 6.07) is 3.22. The molecule has 0 aliphatic carbocycles. The average molecular weight is 330 g/mol. The smallest absolute Gasteiger partial charge is 0.293 e. The summed E-state index contributed by atoms with van der Waals surface area (Å²) in [7, 11) is -3.94. The number of nitro benzene ring substituents is 1. The highest BCUT2D eigenvalue weighted by Gasteiger charge is 2.21. The Morgan fingerprint density at radius 2 is 2.10 bits per heavy atom. The van der Waals surface area contributed by atoms with Crippen LogP contribution in [0.2, 0.25) is 0 Å². The lowest BCUT2D eigenvalue weighted by Crippen LogP contribution is -2.15. The summed E-state index contributed by atoms with van der Waals surface area (Å²) < 4.78 is 26.5. The van der Waals surface area contributed by atoms with Crippen molar-refractivity contribution in [2.75, 3.05) is 10.1 Å². The number of hydrazine groups is 1. The molecule has 0 unspecified atom stereocenters. The van der Waals surface area contributed by atoms with Gasteiger partial charge in [0, 0.05) is 6.07 Å². The summed E-state index contributed by atoms with van der Waals surface area (Å²) in [4.78, 5) is 9.90. The van der Waals surface area contributed by atoms with Crippen molar-refractivity contribution in [3.63, 3.8) is 0 Å². The number of nitrogens with one attached hydrogen (secondary N) is 2. The monoisotopic (exact) mass is 330 g/mol. The number of benzene rings is 1. The molecule has 1 aromatic carbocycles. The predicted octanol–water partition coefficient (Wildman–Crippen LogP) is 0.841. The van der Waals surface area contributed by atoms with Crippen molar-refractivity contribution in [1.29, 1.82) is 0 Å². The van der Waals surface area contributed by atoms with E-state index in [0.717, 1.165) is 29.5 Å². The number of nitrogens with two attached hydrogens (primary N) is 1. The van der Waals surface area contributed by atoms with Crippen molar-refractivity contribution in [1.82, 2.24) is 10.2 Å². The molecule has 12 heteroatoms. The molecule has 21 heavy (non-hydrogen) atoms. The molecule has 1 heterocycles. The van der Waals surface area contributed by atoms with Crippen LogP contribution in [0.5, 0.6) is 0 Å². The number of hydrogen-bond acceptors (Lipinski definition) is 9. The largest absolute Gasteiger partial charge is 0.318 e. The molecule has 0 aliphatic rings. The summed E-state index contributed by atoms with van der Waals surface area (Å²) in [5.41, 5.74) is 1.65. The minimum atomic E-state index is -3.94. The van der Waals surface area contributed by atoms with Gasteiger partial charge in [-0.05, 0) is 19.1 Å². The lowest BCUT2D eigenvalue weighted by Gasteiger charge is -2.07. The Hall–Kier alpha value is -2.31. The first kappa shape index (κ1) is 15.1. The van der Waals surface area contributed by atoms with E-state index in [4.69, 9.17) is 5.84 Å². The third-order valence-electron chi connectivity index (χ3n) is 2.38. The van der Waals surface area contributed by atoms with Crippen LogP contribution in [0.15, 0.2) is 23.1 Å². The predicted molar refractivity (Wildman–Crippen MR) is 76.4 cm³/mol. The molecular formula is C9H10N6O4S2. The van der Waals surface area contributed by atoms with Gasteiger partial charge < -0.3 is 5.43 Å². The van der Waals surface area contributed by atoms with Gasteiger partial charge in [0.05, 0.1) is 9.82 Å². The maximum Gasteiger partial charge on any atom is 0.293 e. The van der Waals surface area contributed by atoms with Crippen molar-refractivity contribution < 1.29 is 13.3 Å². The molecule has 112 valence electrons. The maximum absolute atomic E-state index is 12.1. The van der Waals surface area contributed by atoms with Gasteiger partial charge in [0.15, 0.2) is 0 Å². The van der Waals surface area contributed by atoms with E-state index in [1.54, 1.807) is 6.92 Å². The van der Waals surface area contributed by atoms with Crippen LogP contribution >= 0.6 is 11.3 Å². The molecule has 0 saturated carbocycles. The molecule has 10 nitrogen and oxygen atoms in total. The van der Waals surface area contributed by atoms with Gasteiger partial charge in [-0.25, -0.2) is 8.42 Å². The molecule has 0 aliphatic heterocycles. The lowest BCUT2D eigenvalue weighted by molar-refractivity contribution is -0.384. The van der Waals surface area contributed by atoms with Crippen LogP contribution < -0.4 is 16.0 Å². The zero-order chi connectivity index (χ0) is 15.6. The molecule has 2 rings (SSSR count). The number of anilines is 2. The minimum absolute atomic E-state index is 0.105. The van der Waals surface area contributed by atoms with E-state index in [1.807, 2.05) is 0 Å². The normalized spacial score (nSPS) is 11.1. The van der Waals surface area contributed by atoms with Gasteiger partial charge in [-0.3, -0.25) is 20.7 Å². The van der Waals surface area contributed by atoms with Gasteiger partial charge in [0.1, 0.15) is 10.7 Å². The van der Waals surface area contributed by atoms with Crippen LogP contribution in [0.4, 0.5) is 16.5 Å². The van der Waals surface area contributed by atoms with E-state index in [0.29, 0.717) is 5.01 Å². The van der Waals surface area contributed by atoms with Gasteiger partial charge in [-0.2, -0.15) is 0 Å². The molecule has 0 amide bonds. The standard InChI is InChI=1S/C9H10N6O4S2/c1-5-12-13-9(20-5)14-21(18,19)6-2-3-8(15(16)17)7(4-6)11-10/h2-4,11H,10H2,1H3,(H,13,14). The Morgan fingerprint density at radius 1 is 1.38 bits per heavy atom. The molecule has 0 bridgehead atoms. The molecule has 0 atom stereocenters. The first-order valence-electron chi connectivity index (χ1n) is 5.41. The number of nitrogens with zero attached hydrogens (tertiary/aromatic N) is 3. The molecule has 0 saturated heterocycles. The van der Waals surface area contributed by atoms with E-state index in [9.17, 15) is 18.5 Å². The number of aryl methyl sites for hydroxylation is 1. The van der Waals surface area contributed by atoms with Crippen LogP contribution in [-0.4, -0.2) is 23.5 Å². The zero-order valence-electron chi connectivity index (χ0n) is 10.6. The minimum Gasteiger partial charge on any atom is -0.318 e. The van der Waals surface area contributed by atoms with Crippen LogP contribution in [0, 0.1) is 17.0 Å². The Balaban J connectivity index is 2.38. The Bertz CT molecular complexity index is 787. The van der Waals surface area contributed by atoms with Crippen LogP contribution in [0.25, 0.3) is 0 Å². The molecule has 1 aromatic heterocycles. The fourth-order valence-corrected chi connectivity index (χ4v) is 3.32. The molecule has 0 radical (unpaired) electrons. The van der Waals surface area contributed by atoms with E-state index >= 15 is 0 Å². The van der Waals surface area contributed by atoms with E-state index < -0.39 is 14.9 Å². The number of nitrogen functional groups attached to an aromatic ring is 1. The quantitative estimate of drug-likeness (QED) is 0.414. The number of sulfonamides is 1. The second-order valence-corrected chi connectivity index (χ2v) is 6.68. The van der Waals surface area contributed by atoms with E-state index in [2.05, 4.69) is 20.3 Å². The topological polar surface area (TPSA) is 153 Å². The van der Waals surface area contributed by atoms with Gasteiger partial charge in [0.2, 0.25) is 5.13 Å². The highest BCUT2D eigenvalue weighted by Crippen LogP contribution is 2.28. The Labute approximate surface area is 123 Å². The van der Waals surface area contributed by atoms with E-state index in [1.165, 1.54) is 0 Å². The van der Waals surface area contributed by atoms with Crippen LogP contribution in [0.1, 0.15) is 5.01 Å². The number of nitro groups is 1. The summed E-state index contributed by atoms with van der Waals surface area (Å²) in [5, 5.41) is 18.8. The average Bonchev–Trinajstić information content (AvgIpc) is 2.82. The molecular weight excluding hydrogens is 320 g/mol. The van der Waals surface area contributed by atoms with Crippen molar-refractivity contribution in [3.8, 4) is 0 Å². The van der Waals surface area contributed by atoms with Gasteiger partial charge in [0.25, 0.3) is 15.7 Å². The molecule has 0 fully saturated rings. The summed E-state index contributed by atoms with van der Waals surface area (Å²) in [6.07, 6.45) is 0. The van der Waals surface area contributed by atoms with Crippen LogP contribution in [0.3, 0.4) is 0 Å². The summed E-state index contributed by atoms with van der Waals surface area (Å²) in [5.74, 6) is 5.17. The fraction of sp³-hybridized carbons (Fsp3) is 0.111. The van der Waals surface area contributed by atoms with Gasteiger partial charge in [-0.1, -0.05) is 11.3 Å². The molecule has 0 spiro atoms. The van der Waals surface area contributed by atoms with E-state index in [-0.39, 0.29) is 21.4 Å². The molecule has 2 aromatic rings. The highest BCUT2D eigenvalue weighted by atomic mass is 32.2. The van der Waals surface area contributed by atoms with Crippen molar-refractivity contribution in [2.45, 2.75) is 11.8 Å².